The van der Waals surface area contributed by atoms with Crippen molar-refractivity contribution < 1.29 is 19.1 Å². The van der Waals surface area contributed by atoms with Crippen LogP contribution in [-0.4, -0.2) is 11.1 Å². The summed E-state index contributed by atoms with van der Waals surface area (Å²) in [6.07, 6.45) is 2.87. The number of halogens is 1. The topological polar surface area (TPSA) is 76.7 Å². The van der Waals surface area contributed by atoms with Gasteiger partial charge < -0.3 is 14.3 Å². The van der Waals surface area contributed by atoms with Gasteiger partial charge in [0.15, 0.2) is 0 Å². The van der Waals surface area contributed by atoms with Gasteiger partial charge >= 0.3 is 11.6 Å². The van der Waals surface area contributed by atoms with E-state index in [2.05, 4.69) is 0 Å². The molecule has 126 valence electrons. The van der Waals surface area contributed by atoms with Crippen LogP contribution < -0.4 is 5.63 Å². The number of aromatic hydroxyl groups is 1. The standard InChI is InChI=1S/C19H13ClO5/c20-14-3-1-2-12(8-14)4-7-18(22)24-11-13-9-19(23)25-17-10-15(21)5-6-16(13)17/h1-10,21H,11H2/b7-4+. The number of phenols is 1. The highest BCUT2D eigenvalue weighted by molar-refractivity contribution is 6.30. The van der Waals surface area contributed by atoms with Crippen LogP contribution in [0, 0.1) is 0 Å². The second kappa shape index (κ2) is 7.23. The first kappa shape index (κ1) is 16.8. The number of benzene rings is 2. The molecule has 0 bridgehead atoms. The third-order valence-corrected chi connectivity index (χ3v) is 3.68. The van der Waals surface area contributed by atoms with Crippen LogP contribution in [0.5, 0.6) is 5.75 Å². The number of hydrogen-bond donors (Lipinski definition) is 1. The molecule has 6 heteroatoms. The summed E-state index contributed by atoms with van der Waals surface area (Å²) in [5, 5.41) is 10.6. The molecule has 3 aromatic rings. The molecule has 0 unspecified atom stereocenters. The zero-order valence-electron chi connectivity index (χ0n) is 12.9. The highest BCUT2D eigenvalue weighted by Gasteiger charge is 2.08. The lowest BCUT2D eigenvalue weighted by molar-refractivity contribution is -0.138. The molecule has 1 heterocycles. The minimum absolute atomic E-state index is 0.0192. The number of carbonyl (C=O) groups excluding carboxylic acids is 1. The molecule has 0 saturated heterocycles. The first-order valence-electron chi connectivity index (χ1n) is 7.37. The molecular weight excluding hydrogens is 344 g/mol. The molecule has 3 rings (SSSR count). The van der Waals surface area contributed by atoms with Crippen molar-refractivity contribution in [2.75, 3.05) is 0 Å². The van der Waals surface area contributed by atoms with Gasteiger partial charge in [-0.15, -0.1) is 0 Å². The fourth-order valence-electron chi connectivity index (χ4n) is 2.31. The zero-order valence-corrected chi connectivity index (χ0v) is 13.7. The average molecular weight is 357 g/mol. The summed E-state index contributed by atoms with van der Waals surface area (Å²) in [5.41, 5.74) is 0.910. The molecule has 0 fully saturated rings. The van der Waals surface area contributed by atoms with Gasteiger partial charge in [-0.05, 0) is 35.9 Å². The molecule has 0 aliphatic rings. The number of carbonyl (C=O) groups is 1. The molecule has 5 nitrogen and oxygen atoms in total. The summed E-state index contributed by atoms with van der Waals surface area (Å²) in [6, 6.07) is 12.7. The molecule has 2 aromatic carbocycles. The Balaban J connectivity index is 1.74. The fourth-order valence-corrected chi connectivity index (χ4v) is 2.51. The van der Waals surface area contributed by atoms with Crippen LogP contribution in [-0.2, 0) is 16.1 Å². The number of esters is 1. The number of fused-ring (bicyclic) bond motifs is 1. The maximum Gasteiger partial charge on any atom is 0.336 e. The van der Waals surface area contributed by atoms with Gasteiger partial charge in [0, 0.05) is 34.2 Å². The van der Waals surface area contributed by atoms with E-state index in [1.54, 1.807) is 36.4 Å². The summed E-state index contributed by atoms with van der Waals surface area (Å²) in [6.45, 7) is -0.0917. The van der Waals surface area contributed by atoms with Crippen molar-refractivity contribution in [3.8, 4) is 5.75 Å². The van der Waals surface area contributed by atoms with Crippen LogP contribution in [0.2, 0.25) is 5.02 Å². The molecule has 0 aliphatic heterocycles. The maximum absolute atomic E-state index is 11.9. The second-order valence-electron chi connectivity index (χ2n) is 5.27. The van der Waals surface area contributed by atoms with Crippen molar-refractivity contribution >= 4 is 34.6 Å². The van der Waals surface area contributed by atoms with Crippen LogP contribution in [0.3, 0.4) is 0 Å². The quantitative estimate of drug-likeness (QED) is 0.435. The maximum atomic E-state index is 11.9. The molecule has 0 amide bonds. The van der Waals surface area contributed by atoms with Crippen molar-refractivity contribution in [3.05, 3.63) is 81.2 Å². The Morgan fingerprint density at radius 1 is 1.20 bits per heavy atom. The van der Waals surface area contributed by atoms with E-state index in [0.717, 1.165) is 5.56 Å². The van der Waals surface area contributed by atoms with E-state index in [-0.39, 0.29) is 17.9 Å². The predicted molar refractivity (Wildman–Crippen MR) is 94.4 cm³/mol. The minimum Gasteiger partial charge on any atom is -0.508 e. The summed E-state index contributed by atoms with van der Waals surface area (Å²) in [4.78, 5) is 23.5. The Labute approximate surface area is 147 Å². The first-order chi connectivity index (χ1) is 12.0. The van der Waals surface area contributed by atoms with E-state index >= 15 is 0 Å². The number of hydrogen-bond acceptors (Lipinski definition) is 5. The molecule has 0 radical (unpaired) electrons. The number of rotatable bonds is 4. The van der Waals surface area contributed by atoms with Gasteiger partial charge in [-0.2, -0.15) is 0 Å². The molecule has 1 aromatic heterocycles. The lowest BCUT2D eigenvalue weighted by Gasteiger charge is -2.06. The monoisotopic (exact) mass is 356 g/mol. The van der Waals surface area contributed by atoms with Crippen molar-refractivity contribution in [2.24, 2.45) is 0 Å². The molecule has 1 N–H and O–H groups in total. The van der Waals surface area contributed by atoms with Crippen LogP contribution in [0.1, 0.15) is 11.1 Å². The van der Waals surface area contributed by atoms with Crippen LogP contribution in [0.15, 0.2) is 63.8 Å². The molecule has 0 saturated carbocycles. The first-order valence-corrected chi connectivity index (χ1v) is 7.75. The van der Waals surface area contributed by atoms with Gasteiger partial charge in [-0.1, -0.05) is 23.7 Å². The second-order valence-corrected chi connectivity index (χ2v) is 5.70. The van der Waals surface area contributed by atoms with Crippen LogP contribution in [0.25, 0.3) is 17.0 Å². The summed E-state index contributed by atoms with van der Waals surface area (Å²) in [5.74, 6) is -0.575. The predicted octanol–water partition coefficient (Wildman–Crippen LogP) is 3.91. The van der Waals surface area contributed by atoms with E-state index in [9.17, 15) is 14.7 Å². The van der Waals surface area contributed by atoms with E-state index in [0.29, 0.717) is 16.0 Å². The summed E-state index contributed by atoms with van der Waals surface area (Å²) < 4.78 is 10.2. The van der Waals surface area contributed by atoms with E-state index in [1.807, 2.05) is 0 Å². The third kappa shape index (κ3) is 4.28. The Bertz CT molecular complexity index is 1020. The normalized spacial score (nSPS) is 11.1. The van der Waals surface area contributed by atoms with Gasteiger partial charge in [0.1, 0.15) is 17.9 Å². The van der Waals surface area contributed by atoms with Gasteiger partial charge in [0.2, 0.25) is 0 Å². The molecule has 0 aliphatic carbocycles. The SMILES string of the molecule is O=C(/C=C/c1cccc(Cl)c1)OCc1cc(=O)oc2cc(O)ccc12. The largest absolute Gasteiger partial charge is 0.508 e. The molecule has 0 spiro atoms. The lowest BCUT2D eigenvalue weighted by atomic mass is 10.1. The van der Waals surface area contributed by atoms with Gasteiger partial charge in [-0.25, -0.2) is 9.59 Å². The third-order valence-electron chi connectivity index (χ3n) is 3.44. The molecule has 0 atom stereocenters. The van der Waals surface area contributed by atoms with Crippen LogP contribution >= 0.6 is 11.6 Å². The average Bonchev–Trinajstić information content (AvgIpc) is 2.57. The highest BCUT2D eigenvalue weighted by atomic mass is 35.5. The van der Waals surface area contributed by atoms with E-state index < -0.39 is 11.6 Å². The Morgan fingerprint density at radius 2 is 2.04 bits per heavy atom. The van der Waals surface area contributed by atoms with Gasteiger partial charge in [-0.3, -0.25) is 0 Å². The lowest BCUT2D eigenvalue weighted by Crippen LogP contribution is -2.05. The smallest absolute Gasteiger partial charge is 0.336 e. The molecular formula is C19H13ClO5. The van der Waals surface area contributed by atoms with Gasteiger partial charge in [0.05, 0.1) is 0 Å². The Hall–Kier alpha value is -3.05. The van der Waals surface area contributed by atoms with Crippen molar-refractivity contribution in [1.82, 2.24) is 0 Å². The minimum atomic E-state index is -0.585. The number of phenolic OH excluding ortho intramolecular Hbond substituents is 1. The van der Waals surface area contributed by atoms with Crippen molar-refractivity contribution in [1.29, 1.82) is 0 Å². The van der Waals surface area contributed by atoms with Gasteiger partial charge in [0.25, 0.3) is 0 Å². The Morgan fingerprint density at radius 3 is 2.84 bits per heavy atom. The summed E-state index contributed by atoms with van der Waals surface area (Å²) in [7, 11) is 0. The highest BCUT2D eigenvalue weighted by Crippen LogP contribution is 2.22. The van der Waals surface area contributed by atoms with Crippen molar-refractivity contribution in [3.63, 3.8) is 0 Å². The van der Waals surface area contributed by atoms with Crippen LogP contribution in [0.4, 0.5) is 0 Å². The van der Waals surface area contributed by atoms with E-state index in [4.69, 9.17) is 20.8 Å². The summed E-state index contributed by atoms with van der Waals surface area (Å²) >= 11 is 5.88. The number of ether oxygens (including phenoxy) is 1. The zero-order chi connectivity index (χ0) is 17.8. The Kier molecular flexibility index (Phi) is 4.86. The van der Waals surface area contributed by atoms with E-state index in [1.165, 1.54) is 24.3 Å². The fraction of sp³-hybridized carbons (Fsp3) is 0.0526. The van der Waals surface area contributed by atoms with Crippen molar-refractivity contribution in [2.45, 2.75) is 6.61 Å². The molecule has 25 heavy (non-hydrogen) atoms.